The fourth-order valence-electron chi connectivity index (χ4n) is 8.20. The van der Waals surface area contributed by atoms with Gasteiger partial charge in [0.15, 0.2) is 5.58 Å². The lowest BCUT2D eigenvalue weighted by Crippen LogP contribution is -2.28. The lowest BCUT2D eigenvalue weighted by Gasteiger charge is -2.28. The van der Waals surface area contributed by atoms with Gasteiger partial charge >= 0.3 is 0 Å². The van der Waals surface area contributed by atoms with Crippen LogP contribution in [-0.2, 0) is 0 Å². The summed E-state index contributed by atoms with van der Waals surface area (Å²) in [5, 5.41) is 6.06. The first kappa shape index (κ1) is 27.0. The number of allylic oxidation sites excluding steroid dienone is 2. The molecule has 0 spiro atoms. The number of pyridine rings is 1. The molecule has 0 saturated carbocycles. The van der Waals surface area contributed by atoms with Gasteiger partial charge < -0.3 is 9.32 Å². The van der Waals surface area contributed by atoms with E-state index in [9.17, 15) is 0 Å². The molecular weight excluding hydrogens is 617 g/mol. The van der Waals surface area contributed by atoms with Crippen molar-refractivity contribution in [1.29, 1.82) is 0 Å². The van der Waals surface area contributed by atoms with Gasteiger partial charge in [0.25, 0.3) is 0 Å². The molecule has 1 aliphatic heterocycles. The Bertz CT molecular complexity index is 2860. The number of benzene rings is 6. The molecule has 3 aromatic heterocycles. The summed E-state index contributed by atoms with van der Waals surface area (Å²) in [6, 6.07) is 47.9. The van der Waals surface area contributed by atoms with Crippen LogP contribution in [0, 0.1) is 0 Å². The third-order valence-electron chi connectivity index (χ3n) is 10.4. The van der Waals surface area contributed by atoms with Gasteiger partial charge in [-0.3, -0.25) is 0 Å². The topological polar surface area (TPSA) is 29.3 Å². The summed E-state index contributed by atoms with van der Waals surface area (Å²) in [5.41, 5.74) is 10.9. The molecule has 0 fully saturated rings. The van der Waals surface area contributed by atoms with Crippen LogP contribution in [0.4, 0.5) is 11.4 Å². The summed E-state index contributed by atoms with van der Waals surface area (Å²) in [6.45, 7) is 0. The SMILES string of the molecule is C1=CC2c3c(ccc4c3sc3ccccc34)N(c3cccc4c3oc3cc(-c5cc(-c6ccccc6)c6ccccc6n5)ccc34)C2C=C1. The van der Waals surface area contributed by atoms with Crippen molar-refractivity contribution < 1.29 is 4.42 Å². The van der Waals surface area contributed by atoms with Crippen LogP contribution in [0.15, 0.2) is 162 Å². The van der Waals surface area contributed by atoms with E-state index in [1.165, 1.54) is 42.6 Å². The van der Waals surface area contributed by atoms with Crippen LogP contribution in [0.25, 0.3) is 75.4 Å². The molecule has 0 amide bonds. The first-order chi connectivity index (χ1) is 24.3. The molecule has 3 nitrogen and oxygen atoms in total. The third kappa shape index (κ3) is 3.92. The van der Waals surface area contributed by atoms with Gasteiger partial charge in [0.05, 0.1) is 22.9 Å². The number of aromatic nitrogens is 1. The monoisotopic (exact) mass is 644 g/mol. The fraction of sp³-hybridized carbons (Fsp3) is 0.0444. The van der Waals surface area contributed by atoms with Gasteiger partial charge in [-0.15, -0.1) is 11.3 Å². The quantitative estimate of drug-likeness (QED) is 0.192. The maximum Gasteiger partial charge on any atom is 0.159 e. The molecule has 0 saturated heterocycles. The van der Waals surface area contributed by atoms with Crippen molar-refractivity contribution in [1.82, 2.24) is 4.98 Å². The van der Waals surface area contributed by atoms with Crippen LogP contribution < -0.4 is 4.90 Å². The second-order valence-electron chi connectivity index (χ2n) is 13.0. The summed E-state index contributed by atoms with van der Waals surface area (Å²) in [4.78, 5) is 7.63. The first-order valence-electron chi connectivity index (χ1n) is 16.8. The number of rotatable bonds is 3. The third-order valence-corrected chi connectivity index (χ3v) is 11.6. The van der Waals surface area contributed by atoms with Gasteiger partial charge in [0.2, 0.25) is 0 Å². The van der Waals surface area contributed by atoms with E-state index in [1.807, 2.05) is 11.3 Å². The summed E-state index contributed by atoms with van der Waals surface area (Å²) >= 11 is 1.91. The predicted octanol–water partition coefficient (Wildman–Crippen LogP) is 12.6. The Hall–Kier alpha value is -5.97. The van der Waals surface area contributed by atoms with E-state index in [4.69, 9.17) is 9.40 Å². The summed E-state index contributed by atoms with van der Waals surface area (Å²) in [5.74, 6) is 0.265. The van der Waals surface area contributed by atoms with Gasteiger partial charge in [0.1, 0.15) is 5.58 Å². The zero-order valence-electron chi connectivity index (χ0n) is 26.4. The molecule has 0 radical (unpaired) electrons. The summed E-state index contributed by atoms with van der Waals surface area (Å²) in [6.07, 6.45) is 9.11. The first-order valence-corrected chi connectivity index (χ1v) is 17.6. The Morgan fingerprint density at radius 1 is 0.592 bits per heavy atom. The van der Waals surface area contributed by atoms with E-state index >= 15 is 0 Å². The second kappa shape index (κ2) is 10.3. The van der Waals surface area contributed by atoms with Crippen molar-refractivity contribution in [2.75, 3.05) is 4.90 Å². The van der Waals surface area contributed by atoms with Crippen molar-refractivity contribution >= 4 is 75.7 Å². The molecule has 1 aliphatic carbocycles. The fourth-order valence-corrected chi connectivity index (χ4v) is 9.50. The summed E-state index contributed by atoms with van der Waals surface area (Å²) < 4.78 is 9.60. The van der Waals surface area contributed by atoms with Crippen LogP contribution in [0.1, 0.15) is 11.5 Å². The van der Waals surface area contributed by atoms with Gasteiger partial charge in [-0.1, -0.05) is 115 Å². The van der Waals surface area contributed by atoms with Gasteiger partial charge in [-0.25, -0.2) is 4.98 Å². The number of para-hydroxylation sites is 2. The molecule has 0 bridgehead atoms. The number of anilines is 2. The average Bonchev–Trinajstić information content (AvgIpc) is 3.84. The molecule has 2 unspecified atom stereocenters. The highest BCUT2D eigenvalue weighted by molar-refractivity contribution is 7.26. The highest BCUT2D eigenvalue weighted by atomic mass is 32.1. The Morgan fingerprint density at radius 3 is 2.33 bits per heavy atom. The molecule has 2 aliphatic rings. The number of hydrogen-bond donors (Lipinski definition) is 0. The van der Waals surface area contributed by atoms with Crippen LogP contribution in [0.2, 0.25) is 0 Å². The molecule has 6 aromatic carbocycles. The van der Waals surface area contributed by atoms with Gasteiger partial charge in [0, 0.05) is 59.1 Å². The maximum atomic E-state index is 6.88. The number of nitrogens with zero attached hydrogens (tertiary/aromatic N) is 2. The molecular formula is C45H28N2OS. The largest absolute Gasteiger partial charge is 0.454 e. The second-order valence-corrected chi connectivity index (χ2v) is 14.1. The Morgan fingerprint density at radius 2 is 1.39 bits per heavy atom. The number of fused-ring (bicyclic) bond motifs is 11. The standard InChI is InChI=1S/C45H28N2OS/c1-2-11-27(12-3-1)35-26-37(46-36-17-7-4-13-29(35)36)28-21-22-30-32-16-10-19-40(44(32)48-41(30)25-28)47-38-18-8-5-15-34(38)43-39(47)24-23-33-31-14-6-9-20-42(31)49-45(33)43/h1-26,34,38H. The zero-order chi connectivity index (χ0) is 32.1. The maximum absolute atomic E-state index is 6.88. The number of furan rings is 1. The van der Waals surface area contributed by atoms with E-state index in [-0.39, 0.29) is 12.0 Å². The Labute approximate surface area is 286 Å². The van der Waals surface area contributed by atoms with E-state index < -0.39 is 0 Å². The van der Waals surface area contributed by atoms with Crippen molar-refractivity contribution in [3.63, 3.8) is 0 Å². The highest BCUT2D eigenvalue weighted by Crippen LogP contribution is 2.54. The van der Waals surface area contributed by atoms with Crippen molar-refractivity contribution in [2.24, 2.45) is 0 Å². The van der Waals surface area contributed by atoms with E-state index in [1.54, 1.807) is 0 Å². The van der Waals surface area contributed by atoms with E-state index in [0.29, 0.717) is 0 Å². The predicted molar refractivity (Wildman–Crippen MR) is 206 cm³/mol. The number of hydrogen-bond acceptors (Lipinski definition) is 4. The Kier molecular flexibility index (Phi) is 5.66. The minimum absolute atomic E-state index is 0.170. The van der Waals surface area contributed by atoms with Gasteiger partial charge in [-0.2, -0.15) is 0 Å². The molecule has 2 atom stereocenters. The van der Waals surface area contributed by atoms with Crippen LogP contribution in [-0.4, -0.2) is 11.0 Å². The highest BCUT2D eigenvalue weighted by Gasteiger charge is 2.40. The summed E-state index contributed by atoms with van der Waals surface area (Å²) in [7, 11) is 0. The molecule has 230 valence electrons. The molecule has 4 heterocycles. The zero-order valence-corrected chi connectivity index (χ0v) is 27.2. The minimum Gasteiger partial charge on any atom is -0.454 e. The van der Waals surface area contributed by atoms with Crippen molar-refractivity contribution in [3.05, 3.63) is 163 Å². The minimum atomic E-state index is 0.170. The molecule has 9 aromatic rings. The van der Waals surface area contributed by atoms with E-state index in [0.717, 1.165) is 49.8 Å². The van der Waals surface area contributed by atoms with Crippen molar-refractivity contribution in [2.45, 2.75) is 12.0 Å². The van der Waals surface area contributed by atoms with Crippen LogP contribution in [0.3, 0.4) is 0 Å². The Balaban J connectivity index is 1.09. The van der Waals surface area contributed by atoms with Crippen LogP contribution in [0.5, 0.6) is 0 Å². The molecule has 11 rings (SSSR count). The van der Waals surface area contributed by atoms with Gasteiger partial charge in [-0.05, 0) is 53.6 Å². The lowest BCUT2D eigenvalue weighted by molar-refractivity contribution is 0.664. The smallest absolute Gasteiger partial charge is 0.159 e. The molecule has 49 heavy (non-hydrogen) atoms. The van der Waals surface area contributed by atoms with Crippen LogP contribution >= 0.6 is 11.3 Å². The average molecular weight is 645 g/mol. The number of thiophene rings is 1. The molecule has 0 N–H and O–H groups in total. The normalized spacial score (nSPS) is 16.8. The van der Waals surface area contributed by atoms with Crippen molar-refractivity contribution in [3.8, 4) is 22.4 Å². The lowest BCUT2D eigenvalue weighted by atomic mass is 9.90. The van der Waals surface area contributed by atoms with E-state index in [2.05, 4.69) is 163 Å². The molecule has 4 heteroatoms.